The normalized spacial score (nSPS) is 31.6. The first kappa shape index (κ1) is 15.1. The molecule has 5 nitrogen and oxygen atoms in total. The van der Waals surface area contributed by atoms with Crippen LogP contribution >= 0.6 is 35.4 Å². The molecule has 108 valence electrons. The largest absolute Gasteiger partial charge is 0.376 e. The lowest BCUT2D eigenvalue weighted by Crippen LogP contribution is -2.50. The number of carbonyl (C=O) groups excluding carboxylic acids is 1. The van der Waals surface area contributed by atoms with Gasteiger partial charge < -0.3 is 10.1 Å². The van der Waals surface area contributed by atoms with Gasteiger partial charge in [-0.1, -0.05) is 0 Å². The molecule has 3 N–H and O–H groups in total. The molecule has 2 aliphatic rings. The van der Waals surface area contributed by atoms with Crippen molar-refractivity contribution in [2.75, 3.05) is 13.2 Å². The highest BCUT2D eigenvalue weighted by atomic mass is 35.5. The van der Waals surface area contributed by atoms with Crippen molar-refractivity contribution in [3.05, 3.63) is 0 Å². The number of hydrogen-bond acceptors (Lipinski definition) is 3. The van der Waals surface area contributed by atoms with E-state index in [1.54, 1.807) is 6.92 Å². The van der Waals surface area contributed by atoms with Crippen LogP contribution in [0.1, 0.15) is 26.2 Å². The van der Waals surface area contributed by atoms with Crippen LogP contribution in [0.3, 0.4) is 0 Å². The van der Waals surface area contributed by atoms with E-state index >= 15 is 0 Å². The standard InChI is InChI=1S/C11H17Cl2N3O2S/c1-10(6-11(10,12)13)8(17)15-16-9(19)14-5-7-3-2-4-18-7/h7H,2-6H2,1H3,(H,15,17)(H2,14,16,19)/t7-,10+/m0/s1. The predicted molar refractivity (Wildman–Crippen MR) is 78.0 cm³/mol. The summed E-state index contributed by atoms with van der Waals surface area (Å²) in [6.45, 7) is 3.15. The molecule has 2 fully saturated rings. The van der Waals surface area contributed by atoms with Crippen molar-refractivity contribution in [3.63, 3.8) is 0 Å². The van der Waals surface area contributed by atoms with E-state index < -0.39 is 9.75 Å². The van der Waals surface area contributed by atoms with Crippen molar-refractivity contribution < 1.29 is 9.53 Å². The summed E-state index contributed by atoms with van der Waals surface area (Å²) in [6, 6.07) is 0. The molecule has 0 aromatic rings. The van der Waals surface area contributed by atoms with Crippen molar-refractivity contribution in [1.29, 1.82) is 0 Å². The maximum absolute atomic E-state index is 11.9. The van der Waals surface area contributed by atoms with Crippen LogP contribution in [0, 0.1) is 5.41 Å². The molecule has 0 aromatic heterocycles. The summed E-state index contributed by atoms with van der Waals surface area (Å²) in [4.78, 5) is 11.9. The van der Waals surface area contributed by atoms with E-state index in [0.29, 0.717) is 18.1 Å². The molecular formula is C11H17Cl2N3O2S. The Morgan fingerprint density at radius 3 is 2.68 bits per heavy atom. The number of nitrogens with one attached hydrogen (secondary N) is 3. The highest BCUT2D eigenvalue weighted by molar-refractivity contribution is 7.80. The molecule has 1 amide bonds. The molecule has 8 heteroatoms. The highest BCUT2D eigenvalue weighted by Gasteiger charge is 2.68. The summed E-state index contributed by atoms with van der Waals surface area (Å²) in [5.74, 6) is -0.265. The number of halogens is 2. The molecule has 19 heavy (non-hydrogen) atoms. The number of hydrazine groups is 1. The molecule has 1 aliphatic heterocycles. The van der Waals surface area contributed by atoms with Crippen molar-refractivity contribution in [1.82, 2.24) is 16.2 Å². The van der Waals surface area contributed by atoms with E-state index in [9.17, 15) is 4.79 Å². The fourth-order valence-corrected chi connectivity index (χ4v) is 2.79. The summed E-state index contributed by atoms with van der Waals surface area (Å²) < 4.78 is 4.47. The predicted octanol–water partition coefficient (Wildman–Crippen LogP) is 1.24. The Hall–Kier alpha value is -0.300. The number of thiocarbonyl (C=S) groups is 1. The first-order valence-corrected chi connectivity index (χ1v) is 7.35. The first-order chi connectivity index (χ1) is 8.85. The van der Waals surface area contributed by atoms with Gasteiger partial charge in [-0.25, -0.2) is 0 Å². The van der Waals surface area contributed by atoms with E-state index in [-0.39, 0.29) is 12.0 Å². The van der Waals surface area contributed by atoms with E-state index in [4.69, 9.17) is 40.2 Å². The van der Waals surface area contributed by atoms with Gasteiger partial charge in [-0.05, 0) is 38.4 Å². The Kier molecular flexibility index (Phi) is 4.45. The highest BCUT2D eigenvalue weighted by Crippen LogP contribution is 2.63. The van der Waals surface area contributed by atoms with Crippen molar-refractivity contribution >= 4 is 46.4 Å². The molecule has 2 rings (SSSR count). The van der Waals surface area contributed by atoms with Gasteiger partial charge in [0.05, 0.1) is 11.5 Å². The fourth-order valence-electron chi connectivity index (χ4n) is 1.95. The number of rotatable bonds is 3. The van der Waals surface area contributed by atoms with Crippen LogP contribution < -0.4 is 16.2 Å². The van der Waals surface area contributed by atoms with Crippen molar-refractivity contribution in [3.8, 4) is 0 Å². The summed E-state index contributed by atoms with van der Waals surface area (Å²) in [5, 5.41) is 3.34. The fraction of sp³-hybridized carbons (Fsp3) is 0.818. The Bertz CT molecular complexity index is 388. The second-order valence-electron chi connectivity index (χ2n) is 5.14. The lowest BCUT2D eigenvalue weighted by molar-refractivity contribution is -0.126. The molecule has 0 bridgehead atoms. The molecule has 0 spiro atoms. The van der Waals surface area contributed by atoms with E-state index in [2.05, 4.69) is 16.2 Å². The minimum Gasteiger partial charge on any atom is -0.376 e. The molecule has 1 aliphatic carbocycles. The number of carbonyl (C=O) groups is 1. The molecule has 0 radical (unpaired) electrons. The number of hydrogen-bond donors (Lipinski definition) is 3. The first-order valence-electron chi connectivity index (χ1n) is 6.19. The van der Waals surface area contributed by atoms with E-state index in [0.717, 1.165) is 19.4 Å². The van der Waals surface area contributed by atoms with Gasteiger partial charge in [0, 0.05) is 13.2 Å². The van der Waals surface area contributed by atoms with Crippen molar-refractivity contribution in [2.45, 2.75) is 36.6 Å². The lowest BCUT2D eigenvalue weighted by Gasteiger charge is -2.16. The molecule has 0 aromatic carbocycles. The van der Waals surface area contributed by atoms with Crippen LogP contribution in [-0.4, -0.2) is 34.6 Å². The molecule has 0 unspecified atom stereocenters. The van der Waals surface area contributed by atoms with Gasteiger partial charge in [0.15, 0.2) is 5.11 Å². The van der Waals surface area contributed by atoms with Crippen LogP contribution in [0.15, 0.2) is 0 Å². The van der Waals surface area contributed by atoms with Crippen LogP contribution in [0.4, 0.5) is 0 Å². The van der Waals surface area contributed by atoms with Gasteiger partial charge in [0.25, 0.3) is 0 Å². The molecular weight excluding hydrogens is 309 g/mol. The zero-order valence-corrected chi connectivity index (χ0v) is 12.9. The van der Waals surface area contributed by atoms with E-state index in [1.165, 1.54) is 0 Å². The SMILES string of the molecule is C[C@]1(C(=O)NNC(=S)NC[C@@H]2CCCO2)CC1(Cl)Cl. The van der Waals surface area contributed by atoms with Crippen LogP contribution in [0.25, 0.3) is 0 Å². The summed E-state index contributed by atoms with van der Waals surface area (Å²) in [7, 11) is 0. The molecule has 1 saturated heterocycles. The second kappa shape index (κ2) is 5.60. The third kappa shape index (κ3) is 3.42. The second-order valence-corrected chi connectivity index (χ2v) is 7.03. The van der Waals surface area contributed by atoms with Gasteiger partial charge in [0.2, 0.25) is 5.91 Å². The van der Waals surface area contributed by atoms with Crippen molar-refractivity contribution in [2.24, 2.45) is 5.41 Å². The topological polar surface area (TPSA) is 62.4 Å². The smallest absolute Gasteiger partial charge is 0.247 e. The maximum atomic E-state index is 11.9. The Labute approximate surface area is 127 Å². The third-order valence-electron chi connectivity index (χ3n) is 3.56. The summed E-state index contributed by atoms with van der Waals surface area (Å²) in [5.41, 5.74) is 4.40. The minimum atomic E-state index is -0.981. The van der Waals surface area contributed by atoms with Gasteiger partial charge in [-0.2, -0.15) is 0 Å². The Morgan fingerprint density at radius 1 is 1.47 bits per heavy atom. The van der Waals surface area contributed by atoms with Gasteiger partial charge in [0.1, 0.15) is 4.33 Å². The number of amides is 1. The zero-order valence-electron chi connectivity index (χ0n) is 10.6. The Morgan fingerprint density at radius 2 is 2.16 bits per heavy atom. The number of ether oxygens (including phenoxy) is 1. The Balaban J connectivity index is 1.65. The lowest BCUT2D eigenvalue weighted by atomic mass is 10.1. The average Bonchev–Trinajstić information content (AvgIpc) is 2.73. The number of alkyl halides is 2. The van der Waals surface area contributed by atoms with Crippen LogP contribution in [-0.2, 0) is 9.53 Å². The molecule has 1 heterocycles. The molecule has 2 atom stereocenters. The van der Waals surface area contributed by atoms with Gasteiger partial charge in [-0.3, -0.25) is 15.6 Å². The zero-order chi connectivity index (χ0) is 14.1. The van der Waals surface area contributed by atoms with E-state index in [1.807, 2.05) is 0 Å². The monoisotopic (exact) mass is 325 g/mol. The van der Waals surface area contributed by atoms with Crippen LogP contribution in [0.5, 0.6) is 0 Å². The minimum absolute atomic E-state index is 0.190. The maximum Gasteiger partial charge on any atom is 0.247 e. The summed E-state index contributed by atoms with van der Waals surface area (Å²) in [6.07, 6.45) is 2.73. The van der Waals surface area contributed by atoms with Gasteiger partial charge >= 0.3 is 0 Å². The molecule has 1 saturated carbocycles. The third-order valence-corrected chi connectivity index (χ3v) is 4.91. The quantitative estimate of drug-likeness (QED) is 0.414. The average molecular weight is 326 g/mol. The van der Waals surface area contributed by atoms with Gasteiger partial charge in [-0.15, -0.1) is 23.2 Å². The summed E-state index contributed by atoms with van der Waals surface area (Å²) >= 11 is 16.9. The van der Waals surface area contributed by atoms with Crippen LogP contribution in [0.2, 0.25) is 0 Å².